The van der Waals surface area contributed by atoms with Crippen LogP contribution in [0.15, 0.2) is 24.5 Å². The third-order valence-corrected chi connectivity index (χ3v) is 4.14. The highest BCUT2D eigenvalue weighted by atomic mass is 16.2. The van der Waals surface area contributed by atoms with Crippen molar-refractivity contribution in [2.45, 2.75) is 12.8 Å². The number of primary amides is 1. The van der Waals surface area contributed by atoms with E-state index in [0.717, 1.165) is 12.1 Å². The Morgan fingerprint density at radius 1 is 1.37 bits per heavy atom. The minimum absolute atomic E-state index is 0.0873. The number of amides is 3. The molecule has 2 fully saturated rings. The monoisotopic (exact) mass is 260 g/mol. The van der Waals surface area contributed by atoms with Gasteiger partial charge in [-0.3, -0.25) is 9.78 Å². The van der Waals surface area contributed by atoms with Gasteiger partial charge < -0.3 is 15.5 Å². The number of hydrogen-bond donors (Lipinski definition) is 1. The van der Waals surface area contributed by atoms with Crippen molar-refractivity contribution in [2.75, 3.05) is 24.5 Å². The predicted molar refractivity (Wildman–Crippen MR) is 69.4 cm³/mol. The van der Waals surface area contributed by atoms with E-state index < -0.39 is 11.4 Å². The highest BCUT2D eigenvalue weighted by molar-refractivity contribution is 6.00. The van der Waals surface area contributed by atoms with E-state index in [-0.39, 0.29) is 5.91 Å². The molecule has 1 aromatic rings. The van der Waals surface area contributed by atoms with Crippen molar-refractivity contribution in [3.05, 3.63) is 24.5 Å². The zero-order valence-corrected chi connectivity index (χ0v) is 10.6. The Hall–Kier alpha value is -2.11. The summed E-state index contributed by atoms with van der Waals surface area (Å²) >= 11 is 0. The fourth-order valence-electron chi connectivity index (χ4n) is 3.02. The average molecular weight is 260 g/mol. The third-order valence-electron chi connectivity index (χ3n) is 4.14. The van der Waals surface area contributed by atoms with Gasteiger partial charge in [0.1, 0.15) is 0 Å². The maximum Gasteiger partial charge on any atom is 0.314 e. The van der Waals surface area contributed by atoms with E-state index in [1.54, 1.807) is 22.2 Å². The van der Waals surface area contributed by atoms with Crippen LogP contribution in [0.1, 0.15) is 12.8 Å². The molecule has 0 saturated carbocycles. The summed E-state index contributed by atoms with van der Waals surface area (Å²) in [6.07, 6.45) is 4.85. The molecule has 1 spiro atoms. The molecule has 0 bridgehead atoms. The lowest BCUT2D eigenvalue weighted by Crippen LogP contribution is -2.40. The number of urea groups is 1. The molecule has 1 aromatic heterocycles. The SMILES string of the molecule is NC(=O)N1CCC2(CCN(c3cccnc3)C2=O)C1. The molecule has 0 aromatic carbocycles. The standard InChI is InChI=1S/C13H16N4O2/c14-12(19)16-6-3-13(9-16)4-7-17(11(13)18)10-2-1-5-15-8-10/h1-2,5,8H,3-4,6-7,9H2,(H2,14,19). The van der Waals surface area contributed by atoms with Crippen molar-refractivity contribution >= 4 is 17.6 Å². The van der Waals surface area contributed by atoms with Crippen molar-refractivity contribution in [1.82, 2.24) is 9.88 Å². The Morgan fingerprint density at radius 3 is 2.79 bits per heavy atom. The number of likely N-dealkylation sites (tertiary alicyclic amines) is 1. The zero-order chi connectivity index (χ0) is 13.5. The number of anilines is 1. The van der Waals surface area contributed by atoms with Crippen LogP contribution in [-0.2, 0) is 4.79 Å². The van der Waals surface area contributed by atoms with Crippen LogP contribution < -0.4 is 10.6 Å². The Bertz CT molecular complexity index is 519. The lowest BCUT2D eigenvalue weighted by atomic mass is 9.85. The van der Waals surface area contributed by atoms with Gasteiger partial charge in [-0.05, 0) is 25.0 Å². The number of carbonyl (C=O) groups is 2. The largest absolute Gasteiger partial charge is 0.351 e. The minimum atomic E-state index is -0.440. The van der Waals surface area contributed by atoms with Crippen LogP contribution in [0.5, 0.6) is 0 Å². The van der Waals surface area contributed by atoms with E-state index >= 15 is 0 Å². The molecule has 3 amide bonds. The van der Waals surface area contributed by atoms with Crippen molar-refractivity contribution in [3.8, 4) is 0 Å². The van der Waals surface area contributed by atoms with Crippen molar-refractivity contribution in [1.29, 1.82) is 0 Å². The first-order valence-corrected chi connectivity index (χ1v) is 6.39. The highest BCUT2D eigenvalue weighted by Gasteiger charge is 2.51. The van der Waals surface area contributed by atoms with Crippen LogP contribution in [0, 0.1) is 5.41 Å². The van der Waals surface area contributed by atoms with Crippen molar-refractivity contribution in [2.24, 2.45) is 11.1 Å². The van der Waals surface area contributed by atoms with E-state index in [1.165, 1.54) is 0 Å². The minimum Gasteiger partial charge on any atom is -0.351 e. The van der Waals surface area contributed by atoms with Crippen molar-refractivity contribution < 1.29 is 9.59 Å². The van der Waals surface area contributed by atoms with Gasteiger partial charge in [0, 0.05) is 25.8 Å². The summed E-state index contributed by atoms with van der Waals surface area (Å²) in [5, 5.41) is 0. The van der Waals surface area contributed by atoms with Crippen LogP contribution in [0.3, 0.4) is 0 Å². The van der Waals surface area contributed by atoms with Gasteiger partial charge in [-0.2, -0.15) is 0 Å². The summed E-state index contributed by atoms with van der Waals surface area (Å²) in [5.74, 6) is 0.0873. The third kappa shape index (κ3) is 1.83. The molecule has 19 heavy (non-hydrogen) atoms. The van der Waals surface area contributed by atoms with Crippen LogP contribution in [0.2, 0.25) is 0 Å². The molecule has 2 aliphatic rings. The molecule has 3 rings (SSSR count). The average Bonchev–Trinajstić information content (AvgIpc) is 2.98. The first-order valence-electron chi connectivity index (χ1n) is 6.39. The number of rotatable bonds is 1. The predicted octanol–water partition coefficient (Wildman–Crippen LogP) is 0.589. The maximum atomic E-state index is 12.6. The number of pyridine rings is 1. The van der Waals surface area contributed by atoms with E-state index in [1.807, 2.05) is 12.1 Å². The number of nitrogens with zero attached hydrogens (tertiary/aromatic N) is 3. The van der Waals surface area contributed by atoms with Crippen molar-refractivity contribution in [3.63, 3.8) is 0 Å². The molecule has 2 aliphatic heterocycles. The molecule has 2 saturated heterocycles. The van der Waals surface area contributed by atoms with Gasteiger partial charge in [-0.25, -0.2) is 4.79 Å². The molecule has 1 atom stereocenters. The van der Waals surface area contributed by atoms with Crippen LogP contribution in [0.4, 0.5) is 10.5 Å². The topological polar surface area (TPSA) is 79.5 Å². The lowest BCUT2D eigenvalue weighted by molar-refractivity contribution is -0.124. The summed E-state index contributed by atoms with van der Waals surface area (Å²) < 4.78 is 0. The molecule has 0 radical (unpaired) electrons. The zero-order valence-electron chi connectivity index (χ0n) is 10.6. The van der Waals surface area contributed by atoms with Gasteiger partial charge in [0.25, 0.3) is 0 Å². The second kappa shape index (κ2) is 4.22. The Labute approximate surface area is 111 Å². The Balaban J connectivity index is 1.82. The summed E-state index contributed by atoms with van der Waals surface area (Å²) in [6, 6.07) is 3.26. The van der Waals surface area contributed by atoms with Crippen LogP contribution in [-0.4, -0.2) is 41.5 Å². The Morgan fingerprint density at radius 2 is 2.16 bits per heavy atom. The normalized spacial score (nSPS) is 26.4. The summed E-state index contributed by atoms with van der Waals surface area (Å²) in [6.45, 7) is 1.69. The Kier molecular flexibility index (Phi) is 2.66. The fourth-order valence-corrected chi connectivity index (χ4v) is 3.02. The molecule has 6 nitrogen and oxygen atoms in total. The summed E-state index contributed by atoms with van der Waals surface area (Å²) in [7, 11) is 0. The first-order chi connectivity index (χ1) is 9.12. The van der Waals surface area contributed by atoms with Gasteiger partial charge in [0.15, 0.2) is 0 Å². The molecule has 6 heteroatoms. The quantitative estimate of drug-likeness (QED) is 0.802. The molecule has 0 aliphatic carbocycles. The molecule has 1 unspecified atom stereocenters. The molecule has 2 N–H and O–H groups in total. The number of hydrogen-bond acceptors (Lipinski definition) is 3. The van der Waals surface area contributed by atoms with Gasteiger partial charge in [-0.1, -0.05) is 0 Å². The smallest absolute Gasteiger partial charge is 0.314 e. The van der Waals surface area contributed by atoms with E-state index in [9.17, 15) is 9.59 Å². The lowest BCUT2D eigenvalue weighted by Gasteiger charge is -2.22. The van der Waals surface area contributed by atoms with E-state index in [4.69, 9.17) is 5.73 Å². The molecular weight excluding hydrogens is 244 g/mol. The van der Waals surface area contributed by atoms with E-state index in [0.29, 0.717) is 26.1 Å². The highest BCUT2D eigenvalue weighted by Crippen LogP contribution is 2.41. The second-order valence-electron chi connectivity index (χ2n) is 5.21. The maximum absolute atomic E-state index is 12.6. The number of aromatic nitrogens is 1. The number of nitrogens with two attached hydrogens (primary N) is 1. The van der Waals surface area contributed by atoms with Gasteiger partial charge >= 0.3 is 6.03 Å². The molecule has 3 heterocycles. The van der Waals surface area contributed by atoms with Gasteiger partial charge in [-0.15, -0.1) is 0 Å². The second-order valence-corrected chi connectivity index (χ2v) is 5.21. The first kappa shape index (κ1) is 12.0. The number of carbonyl (C=O) groups excluding carboxylic acids is 2. The summed E-state index contributed by atoms with van der Waals surface area (Å²) in [4.78, 5) is 31.2. The van der Waals surface area contributed by atoms with E-state index in [2.05, 4.69) is 4.98 Å². The van der Waals surface area contributed by atoms with Gasteiger partial charge in [0.05, 0.1) is 17.3 Å². The molecular formula is C13H16N4O2. The summed E-state index contributed by atoms with van der Waals surface area (Å²) in [5.41, 5.74) is 5.67. The van der Waals surface area contributed by atoms with Gasteiger partial charge in [0.2, 0.25) is 5.91 Å². The molecule has 100 valence electrons. The fraction of sp³-hybridized carbons (Fsp3) is 0.462. The van der Waals surface area contributed by atoms with Crippen LogP contribution >= 0.6 is 0 Å². The van der Waals surface area contributed by atoms with Crippen LogP contribution in [0.25, 0.3) is 0 Å².